The van der Waals surface area contributed by atoms with Crippen molar-refractivity contribution in [3.05, 3.63) is 140 Å². The zero-order valence-corrected chi connectivity index (χ0v) is 30.1. The van der Waals surface area contributed by atoms with Crippen molar-refractivity contribution in [3.8, 4) is 11.1 Å². The van der Waals surface area contributed by atoms with Crippen LogP contribution in [0.2, 0.25) is 0 Å². The number of rotatable bonds is 3. The average molecular weight is 822 g/mol. The van der Waals surface area contributed by atoms with Gasteiger partial charge < -0.3 is 24.6 Å². The fraction of sp³-hybridized carbons (Fsp3) is 0.125. The first kappa shape index (κ1) is 32.4. The Balaban J connectivity index is 0.000000225. The summed E-state index contributed by atoms with van der Waals surface area (Å²) < 4.78 is 0. The van der Waals surface area contributed by atoms with Crippen LogP contribution in [-0.4, -0.2) is 29.0 Å². The van der Waals surface area contributed by atoms with E-state index in [1.165, 1.54) is 33.0 Å². The van der Waals surface area contributed by atoms with Crippen LogP contribution in [0.1, 0.15) is 16.7 Å². The molecule has 244 valence electrons. The number of pyridine rings is 3. The minimum Gasteiger partial charge on any atom is -0.656 e. The van der Waals surface area contributed by atoms with Crippen LogP contribution in [-0.2, 0) is 21.1 Å². The van der Waals surface area contributed by atoms with E-state index in [-0.39, 0.29) is 21.1 Å². The van der Waals surface area contributed by atoms with Crippen molar-refractivity contribution in [2.45, 2.75) is 20.8 Å². The van der Waals surface area contributed by atoms with Gasteiger partial charge in [-0.3, -0.25) is 4.98 Å². The van der Waals surface area contributed by atoms with Gasteiger partial charge in [0.25, 0.3) is 0 Å². The second kappa shape index (κ2) is 13.0. The molecule has 2 aliphatic rings. The molecule has 0 radical (unpaired) electrons. The van der Waals surface area contributed by atoms with E-state index in [0.717, 1.165) is 51.0 Å². The van der Waals surface area contributed by atoms with Crippen molar-refractivity contribution in [2.24, 2.45) is 0 Å². The second-order valence-corrected chi connectivity index (χ2v) is 12.3. The van der Waals surface area contributed by atoms with E-state index in [0.29, 0.717) is 0 Å². The molecule has 0 spiro atoms. The van der Waals surface area contributed by atoms with Gasteiger partial charge in [-0.2, -0.15) is 13.3 Å². The first-order chi connectivity index (χ1) is 23.4. The number of aryl methyl sites for hydroxylation is 3. The molecule has 4 aromatic heterocycles. The Bertz CT molecular complexity index is 2160. The van der Waals surface area contributed by atoms with Crippen LogP contribution in [0.3, 0.4) is 0 Å². The van der Waals surface area contributed by atoms with Gasteiger partial charge in [0.15, 0.2) is 0 Å². The zero-order valence-electron chi connectivity index (χ0n) is 27.9. The van der Waals surface area contributed by atoms with E-state index in [4.69, 9.17) is 0 Å². The molecule has 49 heavy (non-hydrogen) atoms. The molecule has 7 aromatic rings. The van der Waals surface area contributed by atoms with Gasteiger partial charge in [-0.1, -0.05) is 42.0 Å². The van der Waals surface area contributed by atoms with E-state index in [2.05, 4.69) is 122 Å². The van der Waals surface area contributed by atoms with Gasteiger partial charge in [0.05, 0.1) is 0 Å². The molecule has 8 nitrogen and oxygen atoms in total. The second-order valence-electron chi connectivity index (χ2n) is 12.3. The minimum absolute atomic E-state index is 0. The molecule has 0 unspecified atom stereocenters. The van der Waals surface area contributed by atoms with Gasteiger partial charge in [0.1, 0.15) is 11.6 Å². The van der Waals surface area contributed by atoms with Crippen LogP contribution in [0, 0.1) is 40.2 Å². The van der Waals surface area contributed by atoms with Crippen molar-refractivity contribution in [3.63, 3.8) is 0 Å². The Hall–Kier alpha value is -5.20. The molecule has 3 aromatic carbocycles. The molecule has 0 amide bonds. The van der Waals surface area contributed by atoms with E-state index >= 15 is 0 Å². The summed E-state index contributed by atoms with van der Waals surface area (Å²) in [6.07, 6.45) is 7.27. The number of hydrogen-bond donors (Lipinski definition) is 0. The standard InChI is InChI=1S/C29H27N6.C11H7N2.Pt/c1-19-12-20(2)27(21(3)13-19)22-14-23(34-17-32(4)25-8-6-10-30-28(25)34)16-24(15-22)35-18-33(5)26-9-7-11-31-29(26)35;1-2-4-10-8(3-1)9-5-6-12-7-11(9)13-10;/h6-15,17-18H,1-5H3;1-7H;/q-3;-1;+4. The molecule has 9 heteroatoms. The number of fused-ring (bicyclic) bond motifs is 5. The maximum absolute atomic E-state index is 4.68. The number of benzene rings is 3. The van der Waals surface area contributed by atoms with E-state index in [1.54, 1.807) is 12.4 Å². The van der Waals surface area contributed by atoms with E-state index in [9.17, 15) is 0 Å². The summed E-state index contributed by atoms with van der Waals surface area (Å²) in [4.78, 5) is 26.3. The largest absolute Gasteiger partial charge is 4.00 e. The predicted molar refractivity (Wildman–Crippen MR) is 196 cm³/mol. The van der Waals surface area contributed by atoms with Crippen LogP contribution in [0.5, 0.6) is 0 Å². The Morgan fingerprint density at radius 2 is 1.22 bits per heavy atom. The SMILES string of the molecule is Cc1cc(C)c(-c2cc(N3[CH-]N(C)c4cccnc43)[c-]c(N3[CH-]N(C)c4cccnc43)c2)c(C)c1.[Pt+4].c1ccc2c(c1)[n-]c1cnccc12. The molecule has 0 saturated carbocycles. The fourth-order valence-electron chi connectivity index (χ4n) is 6.84. The van der Waals surface area contributed by atoms with Crippen molar-refractivity contribution < 1.29 is 21.1 Å². The Labute approximate surface area is 301 Å². The van der Waals surface area contributed by atoms with Crippen LogP contribution in [0.4, 0.5) is 34.4 Å². The molecular weight excluding hydrogens is 788 g/mol. The number of aromatic nitrogens is 4. The molecule has 0 saturated heterocycles. The van der Waals surface area contributed by atoms with Crippen molar-refractivity contribution in [1.82, 2.24) is 19.9 Å². The Morgan fingerprint density at radius 1 is 0.653 bits per heavy atom. The maximum atomic E-state index is 4.68. The van der Waals surface area contributed by atoms with Crippen LogP contribution in [0.25, 0.3) is 32.9 Å². The molecule has 9 rings (SSSR count). The van der Waals surface area contributed by atoms with Crippen molar-refractivity contribution in [2.75, 3.05) is 33.7 Å². The van der Waals surface area contributed by atoms with Crippen LogP contribution >= 0.6 is 0 Å². The molecular formula is C40H34N8Pt. The first-order valence-corrected chi connectivity index (χ1v) is 15.9. The number of nitrogens with zero attached hydrogens (tertiary/aromatic N) is 8. The summed E-state index contributed by atoms with van der Waals surface area (Å²) in [5, 5.41) is 2.39. The van der Waals surface area contributed by atoms with Gasteiger partial charge in [-0.15, -0.1) is 46.2 Å². The Morgan fingerprint density at radius 3 is 1.84 bits per heavy atom. The third-order valence-electron chi connectivity index (χ3n) is 8.89. The third-order valence-corrected chi connectivity index (χ3v) is 8.89. The summed E-state index contributed by atoms with van der Waals surface area (Å²) in [5.74, 6) is 1.79. The predicted octanol–water partition coefficient (Wildman–Crippen LogP) is 8.63. The van der Waals surface area contributed by atoms with Gasteiger partial charge in [0, 0.05) is 36.2 Å². The minimum atomic E-state index is 0. The molecule has 0 atom stereocenters. The van der Waals surface area contributed by atoms with Crippen LogP contribution < -0.4 is 24.6 Å². The zero-order chi connectivity index (χ0) is 32.9. The Kier molecular flexibility index (Phi) is 8.59. The summed E-state index contributed by atoms with van der Waals surface area (Å²) in [6.45, 7) is 10.7. The summed E-state index contributed by atoms with van der Waals surface area (Å²) in [5.41, 5.74) is 12.2. The molecule has 0 N–H and O–H groups in total. The van der Waals surface area contributed by atoms with Crippen molar-refractivity contribution >= 4 is 56.2 Å². The molecule has 0 fully saturated rings. The molecule has 2 aliphatic heterocycles. The number of hydrogen-bond acceptors (Lipinski definition) is 7. The van der Waals surface area contributed by atoms with Gasteiger partial charge in [-0.05, 0) is 92.7 Å². The van der Waals surface area contributed by atoms with Crippen LogP contribution in [0.15, 0.2) is 104 Å². The summed E-state index contributed by atoms with van der Waals surface area (Å²) in [6, 6.07) is 30.8. The first-order valence-electron chi connectivity index (χ1n) is 15.9. The van der Waals surface area contributed by atoms with Crippen molar-refractivity contribution in [1.29, 1.82) is 0 Å². The average Bonchev–Trinajstić information content (AvgIpc) is 3.76. The fourth-order valence-corrected chi connectivity index (χ4v) is 6.84. The monoisotopic (exact) mass is 821 g/mol. The van der Waals surface area contributed by atoms with Gasteiger partial charge >= 0.3 is 21.1 Å². The van der Waals surface area contributed by atoms with E-state index in [1.807, 2.05) is 62.9 Å². The topological polar surface area (TPSA) is 65.7 Å². The molecule has 0 bridgehead atoms. The summed E-state index contributed by atoms with van der Waals surface area (Å²) in [7, 11) is 4.09. The molecule has 0 aliphatic carbocycles. The van der Waals surface area contributed by atoms with E-state index < -0.39 is 0 Å². The number of anilines is 6. The normalized spacial score (nSPS) is 13.3. The third kappa shape index (κ3) is 5.80. The number of para-hydroxylation sites is 1. The van der Waals surface area contributed by atoms with Gasteiger partial charge in [0.2, 0.25) is 0 Å². The smallest absolute Gasteiger partial charge is 0.656 e. The maximum Gasteiger partial charge on any atom is 4.00 e. The van der Waals surface area contributed by atoms with Gasteiger partial charge in [-0.25, -0.2) is 9.97 Å². The molecule has 6 heterocycles. The quantitative estimate of drug-likeness (QED) is 0.164. The summed E-state index contributed by atoms with van der Waals surface area (Å²) >= 11 is 0.